The maximum absolute atomic E-state index is 12.4. The number of rotatable bonds is 6. The topological polar surface area (TPSA) is 35.5 Å². The van der Waals surface area contributed by atoms with Gasteiger partial charge in [0.1, 0.15) is 0 Å². The number of hydrogen-bond acceptors (Lipinski definition) is 3. The fourth-order valence-electron chi connectivity index (χ4n) is 2.13. The van der Waals surface area contributed by atoms with E-state index in [9.17, 15) is 4.79 Å². The first-order valence-corrected chi connectivity index (χ1v) is 7.99. The Morgan fingerprint density at radius 1 is 1.14 bits per heavy atom. The molecule has 2 aromatic rings. The molecule has 0 aliphatic heterocycles. The average Bonchev–Trinajstić information content (AvgIpc) is 2.53. The van der Waals surface area contributed by atoms with Gasteiger partial charge in [-0.2, -0.15) is 0 Å². The molecule has 22 heavy (non-hydrogen) atoms. The van der Waals surface area contributed by atoms with Gasteiger partial charge in [-0.25, -0.2) is 0 Å². The third-order valence-corrected chi connectivity index (χ3v) is 4.23. The Kier molecular flexibility index (Phi) is 5.86. The van der Waals surface area contributed by atoms with E-state index in [1.165, 1.54) is 0 Å². The average molecular weight is 384 g/mol. The number of hydrogen-bond donors (Lipinski definition) is 0. The van der Waals surface area contributed by atoms with E-state index in [-0.39, 0.29) is 10.6 Å². The lowest BCUT2D eigenvalue weighted by Gasteiger charge is -2.12. The van der Waals surface area contributed by atoms with Gasteiger partial charge in [0.2, 0.25) is 0 Å². The maximum Gasteiger partial charge on any atom is 0.176 e. The molecule has 1 unspecified atom stereocenters. The molecule has 5 heteroatoms. The van der Waals surface area contributed by atoms with Crippen molar-refractivity contribution in [3.8, 4) is 11.5 Å². The molecule has 0 spiro atoms. The molecule has 0 radical (unpaired) electrons. The number of carbonyl (C=O) groups excluding carboxylic acids is 1. The molecule has 0 amide bonds. The highest BCUT2D eigenvalue weighted by Crippen LogP contribution is 2.29. The van der Waals surface area contributed by atoms with Crippen LogP contribution >= 0.6 is 27.5 Å². The van der Waals surface area contributed by atoms with Crippen molar-refractivity contribution in [3.63, 3.8) is 0 Å². The van der Waals surface area contributed by atoms with Crippen molar-refractivity contribution in [2.75, 3.05) is 14.2 Å². The highest BCUT2D eigenvalue weighted by molar-refractivity contribution is 9.10. The number of Topliss-reactive ketones (excluding diaryl/α,β-unsaturated/α-hetero) is 1. The van der Waals surface area contributed by atoms with Gasteiger partial charge in [-0.1, -0.05) is 45.7 Å². The Morgan fingerprint density at radius 3 is 2.50 bits per heavy atom. The van der Waals surface area contributed by atoms with E-state index in [2.05, 4.69) is 15.9 Å². The fraction of sp³-hybridized carbons (Fsp3) is 0.235. The first kappa shape index (κ1) is 16.8. The molecule has 2 aromatic carbocycles. The van der Waals surface area contributed by atoms with E-state index in [4.69, 9.17) is 21.1 Å². The van der Waals surface area contributed by atoms with Crippen LogP contribution in [0.3, 0.4) is 0 Å². The largest absolute Gasteiger partial charge is 0.493 e. The van der Waals surface area contributed by atoms with Crippen molar-refractivity contribution in [1.82, 2.24) is 0 Å². The van der Waals surface area contributed by atoms with Crippen molar-refractivity contribution in [2.24, 2.45) is 0 Å². The van der Waals surface area contributed by atoms with Crippen LogP contribution in [0.15, 0.2) is 42.5 Å². The highest BCUT2D eigenvalue weighted by Gasteiger charge is 2.18. The molecular weight excluding hydrogens is 368 g/mol. The molecule has 2 rings (SSSR count). The summed E-state index contributed by atoms with van der Waals surface area (Å²) in [7, 11) is 3.18. The lowest BCUT2D eigenvalue weighted by Crippen LogP contribution is -2.17. The minimum atomic E-state index is -0.330. The van der Waals surface area contributed by atoms with Crippen LogP contribution in [-0.2, 0) is 6.42 Å². The van der Waals surface area contributed by atoms with Gasteiger partial charge in [0, 0.05) is 10.6 Å². The molecule has 0 saturated heterocycles. The number of benzene rings is 2. The van der Waals surface area contributed by atoms with Crippen LogP contribution in [0.4, 0.5) is 0 Å². The van der Waals surface area contributed by atoms with Gasteiger partial charge in [-0.15, -0.1) is 0 Å². The molecule has 3 nitrogen and oxygen atoms in total. The second kappa shape index (κ2) is 7.65. The molecule has 0 fully saturated rings. The van der Waals surface area contributed by atoms with Crippen molar-refractivity contribution in [2.45, 2.75) is 11.2 Å². The van der Waals surface area contributed by atoms with Crippen LogP contribution in [0.25, 0.3) is 0 Å². The SMILES string of the molecule is COc1ccc(CC(Br)C(=O)c2cccc(Cl)c2)cc1OC. The third-order valence-electron chi connectivity index (χ3n) is 3.26. The third kappa shape index (κ3) is 4.02. The first-order chi connectivity index (χ1) is 10.5. The minimum Gasteiger partial charge on any atom is -0.493 e. The van der Waals surface area contributed by atoms with Crippen LogP contribution in [0.2, 0.25) is 5.02 Å². The van der Waals surface area contributed by atoms with Gasteiger partial charge in [0.15, 0.2) is 17.3 Å². The number of methoxy groups -OCH3 is 2. The van der Waals surface area contributed by atoms with Crippen LogP contribution in [0, 0.1) is 0 Å². The zero-order valence-corrected chi connectivity index (χ0v) is 14.6. The minimum absolute atomic E-state index is 0.00251. The first-order valence-electron chi connectivity index (χ1n) is 6.70. The number of halogens is 2. The van der Waals surface area contributed by atoms with Crippen LogP contribution in [0.5, 0.6) is 11.5 Å². The monoisotopic (exact) mass is 382 g/mol. The van der Waals surface area contributed by atoms with E-state index in [0.717, 1.165) is 5.56 Å². The van der Waals surface area contributed by atoms with E-state index >= 15 is 0 Å². The molecule has 1 atom stereocenters. The van der Waals surface area contributed by atoms with E-state index in [1.54, 1.807) is 38.5 Å². The Hall–Kier alpha value is -1.52. The summed E-state index contributed by atoms with van der Waals surface area (Å²) in [6.07, 6.45) is 0.547. The molecule has 0 aromatic heterocycles. The Morgan fingerprint density at radius 2 is 1.86 bits per heavy atom. The zero-order chi connectivity index (χ0) is 16.1. The molecule has 0 heterocycles. The Labute approximate surface area is 143 Å². The smallest absolute Gasteiger partial charge is 0.176 e. The summed E-state index contributed by atoms with van der Waals surface area (Å²) in [5, 5.41) is 0.552. The summed E-state index contributed by atoms with van der Waals surface area (Å²) in [5.41, 5.74) is 1.57. The molecule has 0 saturated carbocycles. The predicted octanol–water partition coefficient (Wildman–Crippen LogP) is 4.55. The number of carbonyl (C=O) groups is 1. The van der Waals surface area contributed by atoms with Crippen molar-refractivity contribution >= 4 is 33.3 Å². The van der Waals surface area contributed by atoms with E-state index in [1.807, 2.05) is 18.2 Å². The van der Waals surface area contributed by atoms with E-state index in [0.29, 0.717) is 28.5 Å². The van der Waals surface area contributed by atoms with Crippen LogP contribution < -0.4 is 9.47 Å². The van der Waals surface area contributed by atoms with Gasteiger partial charge in [-0.3, -0.25) is 4.79 Å². The zero-order valence-electron chi connectivity index (χ0n) is 12.3. The summed E-state index contributed by atoms with van der Waals surface area (Å²) in [6, 6.07) is 12.6. The molecule has 0 bridgehead atoms. The molecule has 0 aliphatic rings. The van der Waals surface area contributed by atoms with Gasteiger partial charge in [-0.05, 0) is 36.2 Å². The van der Waals surface area contributed by atoms with Gasteiger partial charge in [0.05, 0.1) is 19.0 Å². The van der Waals surface area contributed by atoms with E-state index < -0.39 is 0 Å². The summed E-state index contributed by atoms with van der Waals surface area (Å²) in [4.78, 5) is 12.1. The van der Waals surface area contributed by atoms with Gasteiger partial charge in [0.25, 0.3) is 0 Å². The maximum atomic E-state index is 12.4. The summed E-state index contributed by atoms with van der Waals surface area (Å²) >= 11 is 9.39. The standard InChI is InChI=1S/C17H16BrClO3/c1-21-15-7-6-11(9-16(15)22-2)8-14(18)17(20)12-4-3-5-13(19)10-12/h3-7,9-10,14H,8H2,1-2H3. The molecule has 0 aliphatic carbocycles. The van der Waals surface area contributed by atoms with Crippen molar-refractivity contribution in [3.05, 3.63) is 58.6 Å². The second-order valence-corrected chi connectivity index (χ2v) is 6.28. The van der Waals surface area contributed by atoms with Gasteiger partial charge >= 0.3 is 0 Å². The van der Waals surface area contributed by atoms with Crippen LogP contribution in [-0.4, -0.2) is 24.8 Å². The lowest BCUT2D eigenvalue weighted by molar-refractivity contribution is 0.0991. The fourth-order valence-corrected chi connectivity index (χ4v) is 2.96. The van der Waals surface area contributed by atoms with Crippen molar-refractivity contribution in [1.29, 1.82) is 0 Å². The lowest BCUT2D eigenvalue weighted by atomic mass is 10.0. The highest BCUT2D eigenvalue weighted by atomic mass is 79.9. The normalized spacial score (nSPS) is 11.8. The molecular formula is C17H16BrClO3. The second-order valence-electron chi connectivity index (χ2n) is 4.74. The number of alkyl halides is 1. The number of ether oxygens (including phenoxy) is 2. The molecule has 116 valence electrons. The summed E-state index contributed by atoms with van der Waals surface area (Å²) in [5.74, 6) is 1.31. The van der Waals surface area contributed by atoms with Crippen molar-refractivity contribution < 1.29 is 14.3 Å². The predicted molar refractivity (Wildman–Crippen MR) is 91.7 cm³/mol. The number of ketones is 1. The quantitative estimate of drug-likeness (QED) is 0.542. The van der Waals surface area contributed by atoms with Gasteiger partial charge < -0.3 is 9.47 Å². The Bertz CT molecular complexity index is 673. The molecule has 0 N–H and O–H groups in total. The van der Waals surface area contributed by atoms with Crippen LogP contribution in [0.1, 0.15) is 15.9 Å². The summed E-state index contributed by atoms with van der Waals surface area (Å²) in [6.45, 7) is 0. The Balaban J connectivity index is 2.14. The summed E-state index contributed by atoms with van der Waals surface area (Å²) < 4.78 is 10.5.